The lowest BCUT2D eigenvalue weighted by atomic mass is 10.2. The number of guanidine groups is 1. The van der Waals surface area contributed by atoms with E-state index in [0.29, 0.717) is 5.96 Å². The van der Waals surface area contributed by atoms with Gasteiger partial charge in [0.15, 0.2) is 16.9 Å². The third-order valence-electron chi connectivity index (χ3n) is 3.42. The molecule has 0 saturated carbocycles. The lowest BCUT2D eigenvalue weighted by Crippen LogP contribution is -2.22. The minimum atomic E-state index is 0.417. The summed E-state index contributed by atoms with van der Waals surface area (Å²) in [4.78, 5) is 10.9. The predicted molar refractivity (Wildman–Crippen MR) is 101 cm³/mol. The summed E-state index contributed by atoms with van der Waals surface area (Å²) in [6, 6.07) is 3.93. The number of aromatic nitrogens is 1. The summed E-state index contributed by atoms with van der Waals surface area (Å²) in [5.41, 5.74) is 6.71. The van der Waals surface area contributed by atoms with E-state index in [2.05, 4.69) is 27.1 Å². The number of anilines is 1. The average molecular weight is 350 g/mol. The van der Waals surface area contributed by atoms with Crippen molar-refractivity contribution in [2.75, 3.05) is 26.0 Å². The van der Waals surface area contributed by atoms with E-state index in [1.807, 2.05) is 31.6 Å². The molecule has 0 amide bonds. The molecule has 0 spiro atoms. The fourth-order valence-corrected chi connectivity index (χ4v) is 2.95. The lowest BCUT2D eigenvalue weighted by molar-refractivity contribution is 0.353. The van der Waals surface area contributed by atoms with Gasteiger partial charge in [0.1, 0.15) is 11.5 Å². The lowest BCUT2D eigenvalue weighted by Gasteiger charge is -2.05. The maximum atomic E-state index is 5.90. The van der Waals surface area contributed by atoms with Gasteiger partial charge < -0.3 is 20.4 Å². The number of nitrogens with one attached hydrogen (secondary N) is 1. The molecule has 0 aliphatic carbocycles. The van der Waals surface area contributed by atoms with E-state index in [1.165, 1.54) is 30.6 Å². The van der Waals surface area contributed by atoms with Crippen LogP contribution < -0.4 is 11.1 Å². The zero-order valence-electron chi connectivity index (χ0n) is 14.7. The molecule has 2 aromatic rings. The normalized spacial score (nSPS) is 12.1. The number of nitrogens with two attached hydrogens (primary N) is 1. The van der Waals surface area contributed by atoms with Gasteiger partial charge in [-0.15, -0.1) is 11.3 Å². The summed E-state index contributed by atoms with van der Waals surface area (Å²) in [7, 11) is 4.02. The molecule has 2 heterocycles. The van der Waals surface area contributed by atoms with Crippen LogP contribution in [0.5, 0.6) is 0 Å². The number of aliphatic imine (C=N–C) groups is 1. The number of thiazole rings is 1. The van der Waals surface area contributed by atoms with Crippen LogP contribution in [0.2, 0.25) is 0 Å². The van der Waals surface area contributed by atoms with Crippen molar-refractivity contribution in [1.29, 1.82) is 0 Å². The Kier molecular flexibility index (Phi) is 7.27. The van der Waals surface area contributed by atoms with Gasteiger partial charge >= 0.3 is 0 Å². The molecule has 24 heavy (non-hydrogen) atoms. The largest absolute Gasteiger partial charge is 0.458 e. The van der Waals surface area contributed by atoms with Crippen LogP contribution in [0.25, 0.3) is 11.5 Å². The Bertz CT molecular complexity index is 647. The molecule has 0 saturated heterocycles. The van der Waals surface area contributed by atoms with Crippen LogP contribution in [-0.2, 0) is 6.54 Å². The summed E-state index contributed by atoms with van der Waals surface area (Å²) in [6.45, 7) is 3.72. The molecule has 6 nitrogen and oxygen atoms in total. The van der Waals surface area contributed by atoms with Crippen molar-refractivity contribution < 1.29 is 4.42 Å². The van der Waals surface area contributed by atoms with Gasteiger partial charge in [-0.2, -0.15) is 0 Å². The van der Waals surface area contributed by atoms with E-state index in [0.717, 1.165) is 41.9 Å². The summed E-state index contributed by atoms with van der Waals surface area (Å²) in [6.07, 6.45) is 4.74. The van der Waals surface area contributed by atoms with E-state index in [4.69, 9.17) is 10.2 Å². The maximum absolute atomic E-state index is 5.90. The molecule has 132 valence electrons. The van der Waals surface area contributed by atoms with E-state index in [9.17, 15) is 0 Å². The monoisotopic (exact) mass is 349 g/mol. The second kappa shape index (κ2) is 9.44. The number of rotatable bonds is 9. The van der Waals surface area contributed by atoms with Gasteiger partial charge in [-0.3, -0.25) is 4.99 Å². The van der Waals surface area contributed by atoms with Gasteiger partial charge in [0.2, 0.25) is 0 Å². The highest BCUT2D eigenvalue weighted by atomic mass is 32.1. The summed E-state index contributed by atoms with van der Waals surface area (Å²) < 4.78 is 5.81. The number of hydrogen-bond acceptors (Lipinski definition) is 5. The SMILES string of the molecule is CCCCCCN=C(N)Nc1nc(-c2ccc(CN(C)C)o2)cs1. The zero-order valence-corrected chi connectivity index (χ0v) is 15.5. The second-order valence-corrected chi connectivity index (χ2v) is 6.85. The van der Waals surface area contributed by atoms with Crippen molar-refractivity contribution >= 4 is 22.4 Å². The molecule has 0 atom stereocenters. The van der Waals surface area contributed by atoms with Crippen LogP contribution in [0.4, 0.5) is 5.13 Å². The van der Waals surface area contributed by atoms with Crippen molar-refractivity contribution in [3.63, 3.8) is 0 Å². The molecule has 0 fully saturated rings. The molecule has 0 bridgehead atoms. The first-order chi connectivity index (χ1) is 11.6. The Morgan fingerprint density at radius 2 is 2.17 bits per heavy atom. The van der Waals surface area contributed by atoms with Crippen molar-refractivity contribution in [3.05, 3.63) is 23.3 Å². The quantitative estimate of drug-likeness (QED) is 0.409. The van der Waals surface area contributed by atoms with Crippen LogP contribution in [0.3, 0.4) is 0 Å². The predicted octanol–water partition coefficient (Wildman–Crippen LogP) is 3.77. The molecule has 0 radical (unpaired) electrons. The minimum absolute atomic E-state index is 0.417. The average Bonchev–Trinajstić information content (AvgIpc) is 3.15. The third kappa shape index (κ3) is 5.98. The van der Waals surface area contributed by atoms with Crippen LogP contribution in [0.15, 0.2) is 26.9 Å². The standard InChI is InChI=1S/C17H27N5OS/c1-4-5-6-7-10-19-16(18)21-17-20-14(12-24-17)15-9-8-13(23-15)11-22(2)3/h8-9,12H,4-7,10-11H2,1-3H3,(H3,18,19,20,21). The fraction of sp³-hybridized carbons (Fsp3) is 0.529. The van der Waals surface area contributed by atoms with Crippen LogP contribution in [-0.4, -0.2) is 36.5 Å². The molecule has 0 aliphatic heterocycles. The van der Waals surface area contributed by atoms with E-state index < -0.39 is 0 Å². The van der Waals surface area contributed by atoms with Gasteiger partial charge in [0.25, 0.3) is 0 Å². The summed E-state index contributed by atoms with van der Waals surface area (Å²) >= 11 is 1.49. The smallest absolute Gasteiger partial charge is 0.194 e. The molecule has 7 heteroatoms. The molecular weight excluding hydrogens is 322 g/mol. The van der Waals surface area contributed by atoms with Crippen LogP contribution in [0, 0.1) is 0 Å². The van der Waals surface area contributed by atoms with E-state index in [1.54, 1.807) is 0 Å². The number of nitrogens with zero attached hydrogens (tertiary/aromatic N) is 3. The Balaban J connectivity index is 1.88. The molecule has 2 rings (SSSR count). The molecule has 3 N–H and O–H groups in total. The Morgan fingerprint density at radius 3 is 2.92 bits per heavy atom. The fourth-order valence-electron chi connectivity index (χ4n) is 2.24. The van der Waals surface area contributed by atoms with Gasteiger partial charge in [0.05, 0.1) is 6.54 Å². The summed E-state index contributed by atoms with van der Waals surface area (Å²) in [5, 5.41) is 5.73. The zero-order chi connectivity index (χ0) is 17.4. The first-order valence-corrected chi connectivity index (χ1v) is 9.22. The second-order valence-electron chi connectivity index (χ2n) is 5.99. The highest BCUT2D eigenvalue weighted by Crippen LogP contribution is 2.26. The van der Waals surface area contributed by atoms with Gasteiger partial charge in [-0.05, 0) is 32.6 Å². The van der Waals surface area contributed by atoms with Crippen LogP contribution in [0.1, 0.15) is 38.4 Å². The minimum Gasteiger partial charge on any atom is -0.458 e. The van der Waals surface area contributed by atoms with Crippen molar-refractivity contribution in [2.24, 2.45) is 10.7 Å². The Hall–Kier alpha value is -1.86. The molecule has 0 aromatic carbocycles. The van der Waals surface area contributed by atoms with Gasteiger partial charge in [0, 0.05) is 11.9 Å². The topological polar surface area (TPSA) is 79.7 Å². The molecule has 0 aliphatic rings. The first kappa shape index (κ1) is 18.5. The molecule has 0 unspecified atom stereocenters. The number of furan rings is 1. The number of unbranched alkanes of at least 4 members (excludes halogenated alkanes) is 3. The maximum Gasteiger partial charge on any atom is 0.194 e. The Morgan fingerprint density at radius 1 is 1.33 bits per heavy atom. The van der Waals surface area contributed by atoms with Crippen LogP contribution >= 0.6 is 11.3 Å². The third-order valence-corrected chi connectivity index (χ3v) is 4.18. The molecular formula is C17H27N5OS. The Labute approximate surface area is 147 Å². The van der Waals surface area contributed by atoms with E-state index in [-0.39, 0.29) is 0 Å². The molecule has 2 aromatic heterocycles. The highest BCUT2D eigenvalue weighted by molar-refractivity contribution is 7.14. The highest BCUT2D eigenvalue weighted by Gasteiger charge is 2.10. The van der Waals surface area contributed by atoms with Crippen molar-refractivity contribution in [2.45, 2.75) is 39.2 Å². The summed E-state index contributed by atoms with van der Waals surface area (Å²) in [5.74, 6) is 2.11. The first-order valence-electron chi connectivity index (χ1n) is 8.34. The van der Waals surface area contributed by atoms with E-state index >= 15 is 0 Å². The van der Waals surface area contributed by atoms with Crippen molar-refractivity contribution in [1.82, 2.24) is 9.88 Å². The van der Waals surface area contributed by atoms with Crippen molar-refractivity contribution in [3.8, 4) is 11.5 Å². The van der Waals surface area contributed by atoms with Gasteiger partial charge in [-0.1, -0.05) is 26.2 Å². The number of hydrogen-bond donors (Lipinski definition) is 2. The van der Waals surface area contributed by atoms with Gasteiger partial charge in [-0.25, -0.2) is 4.98 Å².